The summed E-state index contributed by atoms with van der Waals surface area (Å²) in [6.45, 7) is 0.601. The number of nitrogens with zero attached hydrogens (tertiary/aromatic N) is 4. The highest BCUT2D eigenvalue weighted by molar-refractivity contribution is 7.07. The van der Waals surface area contributed by atoms with E-state index in [9.17, 15) is 4.39 Å². The average Bonchev–Trinajstić information content (AvgIpc) is 3.16. The average molecular weight is 387 g/mol. The molecule has 9 heteroatoms. The first-order chi connectivity index (χ1) is 13.1. The quantitative estimate of drug-likeness (QED) is 0.414. The number of halogens is 1. The maximum atomic E-state index is 13.3. The molecule has 0 saturated carbocycles. The van der Waals surface area contributed by atoms with Gasteiger partial charge in [0, 0.05) is 6.54 Å². The molecule has 0 aromatic carbocycles. The van der Waals surface area contributed by atoms with Gasteiger partial charge in [-0.3, -0.25) is 0 Å². The third-order valence-electron chi connectivity index (χ3n) is 4.43. The van der Waals surface area contributed by atoms with Gasteiger partial charge in [-0.05, 0) is 61.0 Å². The first-order valence-electron chi connectivity index (χ1n) is 8.63. The van der Waals surface area contributed by atoms with Crippen LogP contribution in [0.4, 0.5) is 10.2 Å². The zero-order chi connectivity index (χ0) is 19.2. The van der Waals surface area contributed by atoms with Gasteiger partial charge >= 0.3 is 0 Å². The van der Waals surface area contributed by atoms with E-state index >= 15 is 0 Å². The Balaban J connectivity index is 1.62. The molecule has 3 N–H and O–H groups in total. The van der Waals surface area contributed by atoms with Gasteiger partial charge < -0.3 is 20.9 Å². The van der Waals surface area contributed by atoms with Crippen LogP contribution in [0.5, 0.6) is 0 Å². The highest BCUT2D eigenvalue weighted by Crippen LogP contribution is 2.22. The molecule has 0 amide bonds. The summed E-state index contributed by atoms with van der Waals surface area (Å²) in [4.78, 5) is 10.1. The van der Waals surface area contributed by atoms with Gasteiger partial charge in [-0.25, -0.2) is 9.37 Å². The van der Waals surface area contributed by atoms with Crippen molar-refractivity contribution in [3.05, 3.63) is 46.0 Å². The molecule has 7 nitrogen and oxygen atoms in total. The Kier molecular flexibility index (Phi) is 6.21. The number of thiophene rings is 1. The number of rotatable bonds is 5. The summed E-state index contributed by atoms with van der Waals surface area (Å²) in [6, 6.07) is 3.75. The van der Waals surface area contributed by atoms with E-state index in [2.05, 4.69) is 42.3 Å². The van der Waals surface area contributed by atoms with Crippen LogP contribution >= 0.6 is 11.3 Å². The van der Waals surface area contributed by atoms with Crippen molar-refractivity contribution in [1.29, 1.82) is 5.26 Å². The van der Waals surface area contributed by atoms with Crippen LogP contribution in [-0.4, -0.2) is 42.6 Å². The molecule has 0 radical (unpaired) electrons. The van der Waals surface area contributed by atoms with Gasteiger partial charge in [-0.2, -0.15) is 16.6 Å². The number of nitrogens with one attached hydrogen (secondary N) is 3. The minimum Gasteiger partial charge on any atom is -0.354 e. The molecule has 0 aliphatic carbocycles. The van der Waals surface area contributed by atoms with Crippen LogP contribution in [0, 0.1) is 17.3 Å². The van der Waals surface area contributed by atoms with Crippen LogP contribution < -0.4 is 16.0 Å². The Morgan fingerprint density at radius 3 is 3.15 bits per heavy atom. The Morgan fingerprint density at radius 2 is 2.44 bits per heavy atom. The maximum Gasteiger partial charge on any atom is 0.209 e. The smallest absolute Gasteiger partial charge is 0.209 e. The lowest BCUT2D eigenvalue weighted by Gasteiger charge is -2.29. The fraction of sp³-hybridized carbons (Fsp3) is 0.389. The molecule has 142 valence electrons. The standard InChI is InChI=1S/C18H22FN7S/c1-26(2)15(13-5-6-27-10-13)9-22-18(23-11-20)25-16-4-3-12-7-14(19)8-21-17(12)24-16/h5-8,10,15-16H,3-4,9H2,1-2H3,(H,21,24)(H2,22,23,25). The SMILES string of the molecule is CN(C)C(CNC(=NC#N)NC1CCc2cc(F)cnc2N1)c1ccsc1. The first-order valence-corrected chi connectivity index (χ1v) is 9.57. The van der Waals surface area contributed by atoms with Gasteiger partial charge in [-0.1, -0.05) is 0 Å². The van der Waals surface area contributed by atoms with Crippen molar-refractivity contribution in [1.82, 2.24) is 20.5 Å². The van der Waals surface area contributed by atoms with Crippen LogP contribution in [-0.2, 0) is 6.42 Å². The van der Waals surface area contributed by atoms with E-state index in [1.807, 2.05) is 25.7 Å². The van der Waals surface area contributed by atoms with Crippen molar-refractivity contribution >= 4 is 23.1 Å². The van der Waals surface area contributed by atoms with Gasteiger partial charge in [0.1, 0.15) is 17.8 Å². The molecule has 0 fully saturated rings. The summed E-state index contributed by atoms with van der Waals surface area (Å²) in [5.41, 5.74) is 2.06. The summed E-state index contributed by atoms with van der Waals surface area (Å²) in [6.07, 6.45) is 4.30. The fourth-order valence-electron chi connectivity index (χ4n) is 3.04. The number of likely N-dealkylation sites (N-methyl/N-ethyl adjacent to an activating group) is 1. The van der Waals surface area contributed by atoms with Gasteiger partial charge in [0.15, 0.2) is 0 Å². The van der Waals surface area contributed by atoms with E-state index < -0.39 is 0 Å². The lowest BCUT2D eigenvalue weighted by Crippen LogP contribution is -2.49. The predicted molar refractivity (Wildman–Crippen MR) is 105 cm³/mol. The summed E-state index contributed by atoms with van der Waals surface area (Å²) in [5.74, 6) is 0.724. The number of aliphatic imine (C=N–C) groups is 1. The van der Waals surface area contributed by atoms with E-state index in [1.165, 1.54) is 17.8 Å². The summed E-state index contributed by atoms with van der Waals surface area (Å²) in [7, 11) is 4.03. The molecular weight excluding hydrogens is 365 g/mol. The van der Waals surface area contributed by atoms with Gasteiger partial charge in [-0.15, -0.1) is 4.99 Å². The number of aryl methyl sites for hydroxylation is 1. The number of guanidine groups is 1. The van der Waals surface area contributed by atoms with E-state index in [0.29, 0.717) is 24.7 Å². The van der Waals surface area contributed by atoms with Crippen LogP contribution in [0.25, 0.3) is 0 Å². The van der Waals surface area contributed by atoms with Crippen LogP contribution in [0.3, 0.4) is 0 Å². The maximum absolute atomic E-state index is 13.3. The van der Waals surface area contributed by atoms with Crippen LogP contribution in [0.1, 0.15) is 23.6 Å². The highest BCUT2D eigenvalue weighted by atomic mass is 32.1. The molecule has 3 heterocycles. The number of nitriles is 1. The molecule has 1 aliphatic heterocycles. The second-order valence-electron chi connectivity index (χ2n) is 6.52. The Morgan fingerprint density at radius 1 is 1.59 bits per heavy atom. The molecule has 0 spiro atoms. The third-order valence-corrected chi connectivity index (χ3v) is 5.13. The second kappa shape index (κ2) is 8.79. The first kappa shape index (κ1) is 19.1. The minimum atomic E-state index is -0.335. The molecule has 27 heavy (non-hydrogen) atoms. The van der Waals surface area contributed by atoms with Crippen LogP contribution in [0.2, 0.25) is 0 Å². The Hall–Kier alpha value is -2.70. The van der Waals surface area contributed by atoms with E-state index in [-0.39, 0.29) is 18.0 Å². The van der Waals surface area contributed by atoms with Gasteiger partial charge in [0.05, 0.1) is 12.2 Å². The monoisotopic (exact) mass is 387 g/mol. The number of fused-ring (bicyclic) bond motifs is 1. The number of pyridine rings is 1. The van der Waals surface area contributed by atoms with Crippen molar-refractivity contribution < 1.29 is 4.39 Å². The molecule has 2 atom stereocenters. The number of hydrogen-bond donors (Lipinski definition) is 3. The van der Waals surface area contributed by atoms with E-state index in [1.54, 1.807) is 11.3 Å². The van der Waals surface area contributed by atoms with E-state index in [4.69, 9.17) is 5.26 Å². The number of aromatic nitrogens is 1. The summed E-state index contributed by atoms with van der Waals surface area (Å²) >= 11 is 1.66. The third kappa shape index (κ3) is 4.93. The van der Waals surface area contributed by atoms with Crippen molar-refractivity contribution in [3.8, 4) is 6.19 Å². The van der Waals surface area contributed by atoms with Crippen molar-refractivity contribution in [2.75, 3.05) is 26.0 Å². The lowest BCUT2D eigenvalue weighted by atomic mass is 10.1. The molecule has 3 rings (SSSR count). The summed E-state index contributed by atoms with van der Waals surface area (Å²) in [5, 5.41) is 22.8. The zero-order valence-electron chi connectivity index (χ0n) is 15.2. The molecular formula is C18H22FN7S. The minimum absolute atomic E-state index is 0.144. The molecule has 1 aliphatic rings. The molecule has 0 saturated heterocycles. The van der Waals surface area contributed by atoms with Crippen molar-refractivity contribution in [3.63, 3.8) is 0 Å². The topological polar surface area (TPSA) is 88.4 Å². The zero-order valence-corrected chi connectivity index (χ0v) is 16.1. The predicted octanol–water partition coefficient (Wildman–Crippen LogP) is 2.29. The Bertz CT molecular complexity index is 829. The van der Waals surface area contributed by atoms with Gasteiger partial charge in [0.25, 0.3) is 0 Å². The van der Waals surface area contributed by atoms with Crippen molar-refractivity contribution in [2.45, 2.75) is 25.0 Å². The number of anilines is 1. The molecule has 0 bridgehead atoms. The second-order valence-corrected chi connectivity index (χ2v) is 7.30. The molecule has 2 unspecified atom stereocenters. The Labute approximate surface area is 161 Å². The summed E-state index contributed by atoms with van der Waals surface area (Å²) < 4.78 is 13.3. The molecule has 2 aromatic rings. The van der Waals surface area contributed by atoms with Crippen molar-refractivity contribution in [2.24, 2.45) is 4.99 Å². The largest absolute Gasteiger partial charge is 0.354 e. The molecule has 2 aromatic heterocycles. The normalized spacial score (nSPS) is 17.6. The highest BCUT2D eigenvalue weighted by Gasteiger charge is 2.21. The number of hydrogen-bond acceptors (Lipinski definition) is 6. The van der Waals surface area contributed by atoms with Gasteiger partial charge in [0.2, 0.25) is 12.2 Å². The van der Waals surface area contributed by atoms with Crippen LogP contribution in [0.15, 0.2) is 34.1 Å². The lowest BCUT2D eigenvalue weighted by molar-refractivity contribution is 0.298. The fourth-order valence-corrected chi connectivity index (χ4v) is 3.75. The van der Waals surface area contributed by atoms with E-state index in [0.717, 1.165) is 12.0 Å².